The summed E-state index contributed by atoms with van der Waals surface area (Å²) in [5.41, 5.74) is 8.07. The lowest BCUT2D eigenvalue weighted by Crippen LogP contribution is -2.19. The number of rotatable bonds is 7. The van der Waals surface area contributed by atoms with Crippen LogP contribution < -0.4 is 20.5 Å². The summed E-state index contributed by atoms with van der Waals surface area (Å²) in [4.78, 5) is 20.8. The molecule has 0 spiro atoms. The third-order valence-corrected chi connectivity index (χ3v) is 4.70. The number of benzene rings is 2. The number of nitrogens with zero attached hydrogens (tertiary/aromatic N) is 2. The van der Waals surface area contributed by atoms with Gasteiger partial charge in [0.15, 0.2) is 0 Å². The summed E-state index contributed by atoms with van der Waals surface area (Å²) in [6.45, 7) is 1.16. The van der Waals surface area contributed by atoms with Crippen LogP contribution in [0.1, 0.15) is 16.8 Å². The summed E-state index contributed by atoms with van der Waals surface area (Å²) in [6.07, 6.45) is 2.35. The molecule has 1 amide bonds. The number of nitrogens with one attached hydrogen (secondary N) is 1. The van der Waals surface area contributed by atoms with E-state index in [0.717, 1.165) is 23.4 Å². The topological polar surface area (TPSA) is 109 Å². The van der Waals surface area contributed by atoms with Crippen LogP contribution >= 0.6 is 0 Å². The third-order valence-electron chi connectivity index (χ3n) is 4.70. The summed E-state index contributed by atoms with van der Waals surface area (Å²) >= 11 is 0. The van der Waals surface area contributed by atoms with Gasteiger partial charge in [-0.3, -0.25) is 4.79 Å². The SMILES string of the molecule is COc1cccc(Nc2nccc(-c3ccc(O[C@H]4CCOC4)c(C(N)=O)c3)n2)c1. The summed E-state index contributed by atoms with van der Waals surface area (Å²) in [5.74, 6) is 1.04. The molecule has 2 heterocycles. The minimum Gasteiger partial charge on any atom is -0.497 e. The van der Waals surface area contributed by atoms with Gasteiger partial charge in [0.2, 0.25) is 5.95 Å². The summed E-state index contributed by atoms with van der Waals surface area (Å²) in [5, 5.41) is 3.15. The van der Waals surface area contributed by atoms with Gasteiger partial charge in [-0.15, -0.1) is 0 Å². The van der Waals surface area contributed by atoms with Gasteiger partial charge < -0.3 is 25.3 Å². The Morgan fingerprint density at radius 3 is 2.90 bits per heavy atom. The fourth-order valence-electron chi connectivity index (χ4n) is 3.18. The zero-order chi connectivity index (χ0) is 20.9. The zero-order valence-corrected chi connectivity index (χ0v) is 16.5. The molecule has 2 aromatic carbocycles. The number of carbonyl (C=O) groups is 1. The number of primary amides is 1. The Morgan fingerprint density at radius 2 is 2.13 bits per heavy atom. The van der Waals surface area contributed by atoms with Crippen LogP contribution in [0, 0.1) is 0 Å². The number of aromatic nitrogens is 2. The van der Waals surface area contributed by atoms with Gasteiger partial charge in [-0.2, -0.15) is 0 Å². The van der Waals surface area contributed by atoms with Crippen molar-refractivity contribution in [2.45, 2.75) is 12.5 Å². The van der Waals surface area contributed by atoms with Crippen LogP contribution in [0.3, 0.4) is 0 Å². The van der Waals surface area contributed by atoms with E-state index >= 15 is 0 Å². The molecular weight excluding hydrogens is 384 g/mol. The summed E-state index contributed by atoms with van der Waals surface area (Å²) in [7, 11) is 1.61. The maximum atomic E-state index is 12.0. The molecule has 0 radical (unpaired) electrons. The quantitative estimate of drug-likeness (QED) is 0.620. The first-order valence-electron chi connectivity index (χ1n) is 9.55. The molecule has 1 aliphatic heterocycles. The molecule has 3 N–H and O–H groups in total. The van der Waals surface area contributed by atoms with Crippen molar-refractivity contribution in [2.24, 2.45) is 5.73 Å². The lowest BCUT2D eigenvalue weighted by atomic mass is 10.1. The predicted molar refractivity (Wildman–Crippen MR) is 112 cm³/mol. The van der Waals surface area contributed by atoms with Gasteiger partial charge in [0, 0.05) is 29.9 Å². The molecule has 4 rings (SSSR count). The van der Waals surface area contributed by atoms with Crippen LogP contribution in [0.2, 0.25) is 0 Å². The van der Waals surface area contributed by atoms with E-state index in [-0.39, 0.29) is 6.10 Å². The Bertz CT molecular complexity index is 1050. The van der Waals surface area contributed by atoms with E-state index in [4.69, 9.17) is 19.9 Å². The molecule has 1 fully saturated rings. The van der Waals surface area contributed by atoms with Crippen molar-refractivity contribution in [3.05, 3.63) is 60.3 Å². The molecule has 1 saturated heterocycles. The molecule has 1 aromatic heterocycles. The van der Waals surface area contributed by atoms with Gasteiger partial charge in [0.25, 0.3) is 5.91 Å². The highest BCUT2D eigenvalue weighted by Gasteiger charge is 2.20. The second kappa shape index (κ2) is 8.79. The summed E-state index contributed by atoms with van der Waals surface area (Å²) < 4.78 is 16.5. The number of carbonyl (C=O) groups excluding carboxylic acids is 1. The van der Waals surface area contributed by atoms with Crippen LogP contribution in [-0.2, 0) is 4.74 Å². The van der Waals surface area contributed by atoms with E-state index in [1.54, 1.807) is 31.5 Å². The number of ether oxygens (including phenoxy) is 3. The zero-order valence-electron chi connectivity index (χ0n) is 16.5. The van der Waals surface area contributed by atoms with Gasteiger partial charge in [-0.05, 0) is 36.4 Å². The molecule has 0 aliphatic carbocycles. The molecule has 1 atom stereocenters. The third kappa shape index (κ3) is 4.49. The Kier molecular flexibility index (Phi) is 5.76. The minimum absolute atomic E-state index is 0.0772. The Hall–Kier alpha value is -3.65. The van der Waals surface area contributed by atoms with Crippen molar-refractivity contribution < 1.29 is 19.0 Å². The number of hydrogen-bond acceptors (Lipinski definition) is 7. The highest BCUT2D eigenvalue weighted by Crippen LogP contribution is 2.28. The molecule has 0 unspecified atom stereocenters. The number of anilines is 2. The van der Waals surface area contributed by atoms with Crippen molar-refractivity contribution in [1.29, 1.82) is 0 Å². The van der Waals surface area contributed by atoms with Crippen LogP contribution in [0.5, 0.6) is 11.5 Å². The smallest absolute Gasteiger partial charge is 0.252 e. The van der Waals surface area contributed by atoms with Crippen molar-refractivity contribution in [3.63, 3.8) is 0 Å². The Morgan fingerprint density at radius 1 is 1.23 bits per heavy atom. The number of amides is 1. The molecule has 3 aromatic rings. The molecule has 0 saturated carbocycles. The molecular formula is C22H22N4O4. The highest BCUT2D eigenvalue weighted by atomic mass is 16.5. The standard InChI is InChI=1S/C22H22N4O4/c1-28-16-4-2-3-15(12-16)25-22-24-9-7-19(26-22)14-5-6-20(18(11-14)21(23)27)30-17-8-10-29-13-17/h2-7,9,11-12,17H,8,10,13H2,1H3,(H2,23,27)(H,24,25,26)/t17-/m0/s1. The van der Waals surface area contributed by atoms with Crippen LogP contribution in [0.25, 0.3) is 11.3 Å². The lowest BCUT2D eigenvalue weighted by molar-refractivity contribution is 0.0989. The van der Waals surface area contributed by atoms with E-state index in [1.807, 2.05) is 30.3 Å². The maximum Gasteiger partial charge on any atom is 0.252 e. The van der Waals surface area contributed by atoms with E-state index in [9.17, 15) is 4.79 Å². The van der Waals surface area contributed by atoms with Crippen molar-refractivity contribution in [2.75, 3.05) is 25.6 Å². The molecule has 8 nitrogen and oxygen atoms in total. The number of hydrogen-bond donors (Lipinski definition) is 2. The van der Waals surface area contributed by atoms with Gasteiger partial charge in [0.05, 0.1) is 31.6 Å². The van der Waals surface area contributed by atoms with Crippen LogP contribution in [0.4, 0.5) is 11.6 Å². The first-order valence-corrected chi connectivity index (χ1v) is 9.55. The average Bonchev–Trinajstić information content (AvgIpc) is 3.27. The molecule has 1 aliphatic rings. The predicted octanol–water partition coefficient (Wildman–Crippen LogP) is 3.16. The molecule has 0 bridgehead atoms. The van der Waals surface area contributed by atoms with Crippen LogP contribution in [0.15, 0.2) is 54.7 Å². The van der Waals surface area contributed by atoms with Gasteiger partial charge in [0.1, 0.15) is 17.6 Å². The maximum absolute atomic E-state index is 12.0. The number of nitrogens with two attached hydrogens (primary N) is 1. The van der Waals surface area contributed by atoms with Crippen molar-refractivity contribution in [3.8, 4) is 22.8 Å². The molecule has 8 heteroatoms. The van der Waals surface area contributed by atoms with Gasteiger partial charge in [-0.1, -0.05) is 6.07 Å². The Balaban J connectivity index is 1.59. The first kappa shape index (κ1) is 19.7. The average molecular weight is 406 g/mol. The molecule has 154 valence electrons. The van der Waals surface area contributed by atoms with E-state index in [0.29, 0.717) is 36.2 Å². The molecule has 30 heavy (non-hydrogen) atoms. The number of methoxy groups -OCH3 is 1. The fourth-order valence-corrected chi connectivity index (χ4v) is 3.18. The summed E-state index contributed by atoms with van der Waals surface area (Å²) in [6, 6.07) is 14.5. The second-order valence-corrected chi connectivity index (χ2v) is 6.80. The fraction of sp³-hybridized carbons (Fsp3) is 0.227. The van der Waals surface area contributed by atoms with Gasteiger partial charge in [-0.25, -0.2) is 9.97 Å². The largest absolute Gasteiger partial charge is 0.497 e. The van der Waals surface area contributed by atoms with Crippen molar-refractivity contribution >= 4 is 17.5 Å². The van der Waals surface area contributed by atoms with Crippen molar-refractivity contribution in [1.82, 2.24) is 9.97 Å². The second-order valence-electron chi connectivity index (χ2n) is 6.80. The van der Waals surface area contributed by atoms with Crippen LogP contribution in [-0.4, -0.2) is 42.3 Å². The van der Waals surface area contributed by atoms with E-state index in [1.165, 1.54) is 0 Å². The normalized spacial score (nSPS) is 15.6. The first-order chi connectivity index (χ1) is 14.6. The van der Waals surface area contributed by atoms with E-state index in [2.05, 4.69) is 15.3 Å². The Labute approximate surface area is 174 Å². The van der Waals surface area contributed by atoms with Gasteiger partial charge >= 0.3 is 0 Å². The minimum atomic E-state index is -0.561. The lowest BCUT2D eigenvalue weighted by Gasteiger charge is -2.15. The van der Waals surface area contributed by atoms with E-state index < -0.39 is 5.91 Å². The monoisotopic (exact) mass is 406 g/mol. The highest BCUT2D eigenvalue weighted by molar-refractivity contribution is 5.97.